The van der Waals surface area contributed by atoms with Crippen molar-refractivity contribution < 1.29 is 14.3 Å². The first-order valence-corrected chi connectivity index (χ1v) is 7.11. The molecule has 0 saturated heterocycles. The van der Waals surface area contributed by atoms with E-state index in [4.69, 9.17) is 11.6 Å². The molecular formula is C13H15ClFN3O2. The van der Waals surface area contributed by atoms with Gasteiger partial charge in [-0.3, -0.25) is 4.79 Å². The summed E-state index contributed by atoms with van der Waals surface area (Å²) >= 11 is 5.63. The Hall–Kier alpha value is -1.43. The van der Waals surface area contributed by atoms with Gasteiger partial charge in [0.05, 0.1) is 5.92 Å². The molecule has 20 heavy (non-hydrogen) atoms. The quantitative estimate of drug-likeness (QED) is 0.839. The van der Waals surface area contributed by atoms with Crippen LogP contribution in [0.3, 0.4) is 0 Å². The van der Waals surface area contributed by atoms with Crippen molar-refractivity contribution in [2.45, 2.75) is 31.7 Å². The van der Waals surface area contributed by atoms with E-state index in [2.05, 4.69) is 15.3 Å². The zero-order valence-electron chi connectivity index (χ0n) is 10.7. The van der Waals surface area contributed by atoms with E-state index in [1.54, 1.807) is 0 Å². The predicted octanol–water partition coefficient (Wildman–Crippen LogP) is 2.57. The number of hydrogen-bond donors (Lipinski definition) is 2. The van der Waals surface area contributed by atoms with E-state index >= 15 is 0 Å². The van der Waals surface area contributed by atoms with Crippen molar-refractivity contribution in [3.63, 3.8) is 0 Å². The van der Waals surface area contributed by atoms with Crippen molar-refractivity contribution >= 4 is 23.4 Å². The lowest BCUT2D eigenvalue weighted by Gasteiger charge is -2.47. The van der Waals surface area contributed by atoms with E-state index in [1.165, 1.54) is 6.33 Å². The molecule has 3 aliphatic rings. The molecule has 7 heteroatoms. The molecule has 1 heterocycles. The normalized spacial score (nSPS) is 32.1. The second-order valence-corrected chi connectivity index (χ2v) is 5.89. The Morgan fingerprint density at radius 3 is 2.60 bits per heavy atom. The van der Waals surface area contributed by atoms with Crippen molar-refractivity contribution in [1.82, 2.24) is 9.97 Å². The molecule has 4 rings (SSSR count). The van der Waals surface area contributed by atoms with Crippen molar-refractivity contribution in [1.29, 1.82) is 0 Å². The molecule has 3 fully saturated rings. The number of fused-ring (bicyclic) bond motifs is 3. The largest absolute Gasteiger partial charge is 0.481 e. The maximum Gasteiger partial charge on any atom is 0.308 e. The van der Waals surface area contributed by atoms with Gasteiger partial charge in [0.2, 0.25) is 5.82 Å². The summed E-state index contributed by atoms with van der Waals surface area (Å²) in [6.45, 7) is 0. The average molecular weight is 300 g/mol. The number of hydrogen-bond acceptors (Lipinski definition) is 4. The molecule has 1 aromatic heterocycles. The topological polar surface area (TPSA) is 75.1 Å². The van der Waals surface area contributed by atoms with Gasteiger partial charge in [-0.05, 0) is 37.5 Å². The molecular weight excluding hydrogens is 285 g/mol. The Bertz CT molecular complexity index is 534. The molecule has 0 amide bonds. The molecule has 1 aromatic rings. The van der Waals surface area contributed by atoms with Crippen LogP contribution in [-0.2, 0) is 4.79 Å². The fourth-order valence-electron chi connectivity index (χ4n) is 3.62. The van der Waals surface area contributed by atoms with Gasteiger partial charge < -0.3 is 10.4 Å². The molecule has 108 valence electrons. The summed E-state index contributed by atoms with van der Waals surface area (Å²) in [6, 6.07) is -0.291. The van der Waals surface area contributed by atoms with Crippen molar-refractivity contribution in [3.8, 4) is 0 Å². The number of carboxylic acids is 1. The zero-order valence-corrected chi connectivity index (χ0v) is 11.5. The van der Waals surface area contributed by atoms with Gasteiger partial charge in [-0.2, -0.15) is 4.39 Å². The first-order valence-electron chi connectivity index (χ1n) is 6.73. The first-order chi connectivity index (χ1) is 9.58. The van der Waals surface area contributed by atoms with E-state index in [0.717, 1.165) is 25.7 Å². The van der Waals surface area contributed by atoms with Crippen LogP contribution in [0.4, 0.5) is 10.2 Å². The number of carbonyl (C=O) groups is 1. The Morgan fingerprint density at radius 1 is 1.30 bits per heavy atom. The molecule has 2 bridgehead atoms. The van der Waals surface area contributed by atoms with Crippen LogP contribution in [0.25, 0.3) is 0 Å². The zero-order chi connectivity index (χ0) is 14.3. The lowest BCUT2D eigenvalue weighted by atomic mass is 9.61. The minimum Gasteiger partial charge on any atom is -0.481 e. The van der Waals surface area contributed by atoms with Crippen LogP contribution >= 0.6 is 11.6 Å². The van der Waals surface area contributed by atoms with Gasteiger partial charge in [-0.1, -0.05) is 11.6 Å². The minimum atomic E-state index is -0.822. The predicted molar refractivity (Wildman–Crippen MR) is 71.0 cm³/mol. The van der Waals surface area contributed by atoms with Gasteiger partial charge in [0.1, 0.15) is 6.33 Å². The van der Waals surface area contributed by atoms with E-state index in [-0.39, 0.29) is 28.8 Å². The minimum absolute atomic E-state index is 0.00574. The Kier molecular flexibility index (Phi) is 3.50. The van der Waals surface area contributed by atoms with Crippen LogP contribution < -0.4 is 5.32 Å². The lowest BCUT2D eigenvalue weighted by Crippen LogP contribution is -2.51. The Balaban J connectivity index is 1.88. The maximum atomic E-state index is 13.9. The summed E-state index contributed by atoms with van der Waals surface area (Å²) in [5.74, 6) is -1.63. The number of carboxylic acid groups (broad SMARTS) is 1. The number of nitrogens with zero attached hydrogens (tertiary/aromatic N) is 2. The van der Waals surface area contributed by atoms with Crippen molar-refractivity contribution in [2.75, 3.05) is 5.32 Å². The highest BCUT2D eigenvalue weighted by molar-refractivity contribution is 6.29. The number of rotatable bonds is 3. The van der Waals surface area contributed by atoms with E-state index in [1.807, 2.05) is 0 Å². The highest BCUT2D eigenvalue weighted by Gasteiger charge is 2.47. The van der Waals surface area contributed by atoms with Gasteiger partial charge in [0, 0.05) is 6.04 Å². The average Bonchev–Trinajstić information content (AvgIpc) is 2.44. The number of halogens is 2. The SMILES string of the molecule is O=C(O)C1C2CCC(CC2)C1Nc1ncnc(Cl)c1F. The summed E-state index contributed by atoms with van der Waals surface area (Å²) in [7, 11) is 0. The second-order valence-electron chi connectivity index (χ2n) is 5.54. The Morgan fingerprint density at radius 2 is 1.95 bits per heavy atom. The van der Waals surface area contributed by atoms with E-state index < -0.39 is 17.7 Å². The van der Waals surface area contributed by atoms with Crippen LogP contribution in [0.1, 0.15) is 25.7 Å². The van der Waals surface area contributed by atoms with Gasteiger partial charge in [-0.15, -0.1) is 0 Å². The fourth-order valence-corrected chi connectivity index (χ4v) is 3.75. The second kappa shape index (κ2) is 5.16. The summed E-state index contributed by atoms with van der Waals surface area (Å²) < 4.78 is 13.9. The molecule has 2 atom stereocenters. The molecule has 0 aliphatic heterocycles. The summed E-state index contributed by atoms with van der Waals surface area (Å²) in [6.07, 6.45) is 5.00. The molecule has 3 saturated carbocycles. The van der Waals surface area contributed by atoms with Crippen molar-refractivity contribution in [3.05, 3.63) is 17.3 Å². The number of nitrogens with one attached hydrogen (secondary N) is 1. The lowest BCUT2D eigenvalue weighted by molar-refractivity contribution is -0.148. The molecule has 0 radical (unpaired) electrons. The van der Waals surface area contributed by atoms with Crippen molar-refractivity contribution in [2.24, 2.45) is 17.8 Å². The van der Waals surface area contributed by atoms with Crippen LogP contribution in [-0.4, -0.2) is 27.1 Å². The van der Waals surface area contributed by atoms with Gasteiger partial charge in [-0.25, -0.2) is 9.97 Å². The fraction of sp³-hybridized carbons (Fsp3) is 0.615. The number of anilines is 1. The third-order valence-corrected chi connectivity index (χ3v) is 4.82. The maximum absolute atomic E-state index is 13.9. The van der Waals surface area contributed by atoms with Crippen LogP contribution in [0.15, 0.2) is 6.33 Å². The first kappa shape index (κ1) is 13.5. The molecule has 3 aliphatic carbocycles. The number of aliphatic carboxylic acids is 1. The van der Waals surface area contributed by atoms with Crippen LogP contribution in [0.2, 0.25) is 5.15 Å². The molecule has 2 unspecified atom stereocenters. The molecule has 5 nitrogen and oxygen atoms in total. The standard InChI is InChI=1S/C13H15ClFN3O2/c14-11-9(15)12(17-5-16-11)18-10-7-3-1-6(2-4-7)8(10)13(19)20/h5-8,10H,1-4H2,(H,19,20)(H,16,17,18). The molecule has 2 N–H and O–H groups in total. The number of aromatic nitrogens is 2. The third-order valence-electron chi connectivity index (χ3n) is 4.55. The third kappa shape index (κ3) is 2.22. The summed E-state index contributed by atoms with van der Waals surface area (Å²) in [5.41, 5.74) is 0. The van der Waals surface area contributed by atoms with E-state index in [9.17, 15) is 14.3 Å². The molecule has 0 aromatic carbocycles. The summed E-state index contributed by atoms with van der Waals surface area (Å²) in [5, 5.41) is 12.1. The van der Waals surface area contributed by atoms with Gasteiger partial charge >= 0.3 is 5.97 Å². The smallest absolute Gasteiger partial charge is 0.308 e. The van der Waals surface area contributed by atoms with Crippen LogP contribution in [0.5, 0.6) is 0 Å². The van der Waals surface area contributed by atoms with Gasteiger partial charge in [0.25, 0.3) is 0 Å². The highest BCUT2D eigenvalue weighted by Crippen LogP contribution is 2.46. The molecule has 0 spiro atoms. The van der Waals surface area contributed by atoms with E-state index in [0.29, 0.717) is 0 Å². The highest BCUT2D eigenvalue weighted by atomic mass is 35.5. The monoisotopic (exact) mass is 299 g/mol. The Labute approximate surface area is 120 Å². The summed E-state index contributed by atoms with van der Waals surface area (Å²) in [4.78, 5) is 18.9. The van der Waals surface area contributed by atoms with Crippen LogP contribution in [0, 0.1) is 23.6 Å². The van der Waals surface area contributed by atoms with Gasteiger partial charge in [0.15, 0.2) is 11.0 Å².